The molecule has 20 heavy (non-hydrogen) atoms. The Morgan fingerprint density at radius 1 is 1.25 bits per heavy atom. The number of aryl methyl sites for hydroxylation is 1. The molecule has 3 nitrogen and oxygen atoms in total. The van der Waals surface area contributed by atoms with E-state index in [4.69, 9.17) is 16.3 Å². The van der Waals surface area contributed by atoms with Crippen molar-refractivity contribution in [3.05, 3.63) is 45.4 Å². The lowest BCUT2D eigenvalue weighted by atomic mass is 10.1. The van der Waals surface area contributed by atoms with Gasteiger partial charge in [0.1, 0.15) is 17.1 Å². The van der Waals surface area contributed by atoms with Crippen LogP contribution in [0, 0.1) is 6.92 Å². The quantitative estimate of drug-likeness (QED) is 0.708. The number of methoxy groups -OCH3 is 1. The van der Waals surface area contributed by atoms with E-state index in [9.17, 15) is 0 Å². The molecule has 2 aromatic carbocycles. The summed E-state index contributed by atoms with van der Waals surface area (Å²) in [6, 6.07) is 9.73. The normalized spacial score (nSPS) is 11.0. The number of benzene rings is 2. The maximum Gasteiger partial charge on any atom is 0.138 e. The number of fused-ring (bicyclic) bond motifs is 1. The van der Waals surface area contributed by atoms with E-state index in [-0.39, 0.29) is 0 Å². The Labute approximate surface area is 130 Å². The van der Waals surface area contributed by atoms with Crippen molar-refractivity contribution in [1.29, 1.82) is 0 Å². The van der Waals surface area contributed by atoms with Gasteiger partial charge in [-0.3, -0.25) is 0 Å². The van der Waals surface area contributed by atoms with Crippen LogP contribution in [-0.2, 0) is 0 Å². The molecule has 0 saturated heterocycles. The molecule has 5 heteroatoms. The number of rotatable bonds is 2. The van der Waals surface area contributed by atoms with Crippen LogP contribution in [0.1, 0.15) is 5.56 Å². The smallest absolute Gasteiger partial charge is 0.138 e. The van der Waals surface area contributed by atoms with Gasteiger partial charge in [-0.05, 0) is 40.5 Å². The van der Waals surface area contributed by atoms with Crippen molar-refractivity contribution in [1.82, 2.24) is 9.97 Å². The first-order chi connectivity index (χ1) is 9.58. The molecule has 0 atom stereocenters. The Balaban J connectivity index is 2.17. The van der Waals surface area contributed by atoms with Crippen molar-refractivity contribution < 1.29 is 4.74 Å². The molecule has 0 radical (unpaired) electrons. The van der Waals surface area contributed by atoms with E-state index in [1.165, 1.54) is 0 Å². The van der Waals surface area contributed by atoms with Gasteiger partial charge in [-0.15, -0.1) is 0 Å². The van der Waals surface area contributed by atoms with E-state index in [2.05, 4.69) is 25.9 Å². The molecule has 1 N–H and O–H groups in total. The molecule has 0 unspecified atom stereocenters. The summed E-state index contributed by atoms with van der Waals surface area (Å²) in [5.74, 6) is 1.57. The van der Waals surface area contributed by atoms with Crippen LogP contribution in [0.3, 0.4) is 0 Å². The average molecular weight is 352 g/mol. The minimum absolute atomic E-state index is 0.736. The Morgan fingerprint density at radius 3 is 2.75 bits per heavy atom. The molecule has 3 aromatic rings. The van der Waals surface area contributed by atoms with Crippen molar-refractivity contribution >= 4 is 38.6 Å². The van der Waals surface area contributed by atoms with Gasteiger partial charge in [-0.2, -0.15) is 0 Å². The van der Waals surface area contributed by atoms with Crippen molar-refractivity contribution in [3.63, 3.8) is 0 Å². The van der Waals surface area contributed by atoms with Crippen LogP contribution in [-0.4, -0.2) is 17.1 Å². The standard InChI is InChI=1S/C15H12BrClN2O/c1-8-3-4-9(5-12(8)17)15-18-13-7-10(20-2)6-11(16)14(13)19-15/h3-7H,1-2H3,(H,18,19). The van der Waals surface area contributed by atoms with Gasteiger partial charge in [0, 0.05) is 21.1 Å². The molecule has 0 fully saturated rings. The number of nitrogens with one attached hydrogen (secondary N) is 1. The third kappa shape index (κ3) is 2.30. The summed E-state index contributed by atoms with van der Waals surface area (Å²) in [6.45, 7) is 1.98. The van der Waals surface area contributed by atoms with E-state index in [1.807, 2.05) is 37.3 Å². The minimum Gasteiger partial charge on any atom is -0.497 e. The van der Waals surface area contributed by atoms with E-state index in [0.29, 0.717) is 0 Å². The highest BCUT2D eigenvalue weighted by molar-refractivity contribution is 9.10. The number of imidazole rings is 1. The first-order valence-electron chi connectivity index (χ1n) is 6.08. The molecule has 0 spiro atoms. The van der Waals surface area contributed by atoms with Gasteiger partial charge in [-0.1, -0.05) is 23.7 Å². The molecule has 1 aromatic heterocycles. The fourth-order valence-corrected chi connectivity index (χ4v) is 2.75. The van der Waals surface area contributed by atoms with Crippen LogP contribution in [0.4, 0.5) is 0 Å². The van der Waals surface area contributed by atoms with E-state index in [0.717, 1.165) is 43.2 Å². The monoisotopic (exact) mass is 350 g/mol. The zero-order chi connectivity index (χ0) is 14.3. The van der Waals surface area contributed by atoms with Crippen molar-refractivity contribution in [2.24, 2.45) is 0 Å². The molecule has 0 aliphatic heterocycles. The second-order valence-electron chi connectivity index (χ2n) is 4.55. The van der Waals surface area contributed by atoms with Gasteiger partial charge in [0.25, 0.3) is 0 Å². The highest BCUT2D eigenvalue weighted by atomic mass is 79.9. The summed E-state index contributed by atoms with van der Waals surface area (Å²) in [7, 11) is 1.64. The van der Waals surface area contributed by atoms with E-state index in [1.54, 1.807) is 7.11 Å². The molecule has 0 amide bonds. The minimum atomic E-state index is 0.736. The number of hydrogen-bond donors (Lipinski definition) is 1. The molecular formula is C15H12BrClN2O. The van der Waals surface area contributed by atoms with Crippen LogP contribution in [0.5, 0.6) is 5.75 Å². The van der Waals surface area contributed by atoms with Gasteiger partial charge in [0.15, 0.2) is 0 Å². The summed E-state index contributed by atoms with van der Waals surface area (Å²) in [5, 5.41) is 0.736. The average Bonchev–Trinajstić information content (AvgIpc) is 2.86. The maximum absolute atomic E-state index is 6.17. The Kier molecular flexibility index (Phi) is 3.44. The van der Waals surface area contributed by atoms with E-state index >= 15 is 0 Å². The van der Waals surface area contributed by atoms with Gasteiger partial charge < -0.3 is 9.72 Å². The summed E-state index contributed by atoms with van der Waals surface area (Å²) in [6.07, 6.45) is 0. The van der Waals surface area contributed by atoms with Gasteiger partial charge in [0.05, 0.1) is 12.6 Å². The van der Waals surface area contributed by atoms with E-state index < -0.39 is 0 Å². The number of halogens is 2. The highest BCUT2D eigenvalue weighted by Gasteiger charge is 2.10. The molecule has 0 saturated carbocycles. The third-order valence-electron chi connectivity index (χ3n) is 3.19. The van der Waals surface area contributed by atoms with Gasteiger partial charge in [-0.25, -0.2) is 4.98 Å². The number of hydrogen-bond acceptors (Lipinski definition) is 2. The van der Waals surface area contributed by atoms with Gasteiger partial charge in [0.2, 0.25) is 0 Å². The Morgan fingerprint density at radius 2 is 2.05 bits per heavy atom. The molecule has 3 rings (SSSR count). The van der Waals surface area contributed by atoms with Crippen LogP contribution >= 0.6 is 27.5 Å². The number of H-pyrrole nitrogens is 1. The topological polar surface area (TPSA) is 37.9 Å². The summed E-state index contributed by atoms with van der Waals surface area (Å²) in [4.78, 5) is 7.91. The van der Waals surface area contributed by atoms with Crippen molar-refractivity contribution in [2.75, 3.05) is 7.11 Å². The number of aromatic nitrogens is 2. The van der Waals surface area contributed by atoms with Crippen LogP contribution in [0.2, 0.25) is 5.02 Å². The maximum atomic E-state index is 6.17. The largest absolute Gasteiger partial charge is 0.497 e. The molecular weight excluding hydrogens is 340 g/mol. The van der Waals surface area contributed by atoms with Crippen molar-refractivity contribution in [2.45, 2.75) is 6.92 Å². The second kappa shape index (κ2) is 5.11. The summed E-state index contributed by atoms with van der Waals surface area (Å²) in [5.41, 5.74) is 3.80. The molecule has 1 heterocycles. The summed E-state index contributed by atoms with van der Waals surface area (Å²) < 4.78 is 6.15. The molecule has 0 aliphatic carbocycles. The van der Waals surface area contributed by atoms with Crippen molar-refractivity contribution in [3.8, 4) is 17.1 Å². The number of nitrogens with zero attached hydrogens (tertiary/aromatic N) is 1. The third-order valence-corrected chi connectivity index (χ3v) is 4.21. The Bertz CT molecular complexity index is 798. The van der Waals surface area contributed by atoms with Crippen LogP contribution in [0.15, 0.2) is 34.8 Å². The highest BCUT2D eigenvalue weighted by Crippen LogP contribution is 2.31. The predicted octanol–water partition coefficient (Wildman–Crippen LogP) is 4.96. The fraction of sp³-hybridized carbons (Fsp3) is 0.133. The first kappa shape index (κ1) is 13.5. The fourth-order valence-electron chi connectivity index (χ4n) is 2.05. The molecule has 0 aliphatic rings. The SMILES string of the molecule is COc1cc(Br)c2nc(-c3ccc(C)c(Cl)c3)[nH]c2c1. The lowest BCUT2D eigenvalue weighted by molar-refractivity contribution is 0.415. The molecule has 0 bridgehead atoms. The number of ether oxygens (including phenoxy) is 1. The number of aromatic amines is 1. The van der Waals surface area contributed by atoms with Crippen LogP contribution in [0.25, 0.3) is 22.4 Å². The lowest BCUT2D eigenvalue weighted by Gasteiger charge is -2.00. The summed E-state index contributed by atoms with van der Waals surface area (Å²) >= 11 is 9.68. The van der Waals surface area contributed by atoms with Crippen LogP contribution < -0.4 is 4.74 Å². The zero-order valence-electron chi connectivity index (χ0n) is 11.0. The second-order valence-corrected chi connectivity index (χ2v) is 5.82. The predicted molar refractivity (Wildman–Crippen MR) is 85.5 cm³/mol. The zero-order valence-corrected chi connectivity index (χ0v) is 13.3. The van der Waals surface area contributed by atoms with Gasteiger partial charge >= 0.3 is 0 Å². The molecule has 102 valence electrons. The lowest BCUT2D eigenvalue weighted by Crippen LogP contribution is -1.82. The first-order valence-corrected chi connectivity index (χ1v) is 7.25. The Hall–Kier alpha value is -1.52.